The first-order valence-corrected chi connectivity index (χ1v) is 18.9. The summed E-state index contributed by atoms with van der Waals surface area (Å²) in [6.07, 6.45) is 11.5. The van der Waals surface area contributed by atoms with Gasteiger partial charge in [-0.05, 0) is 146 Å². The fourth-order valence-corrected chi connectivity index (χ4v) is 12.7. The molecule has 1 aromatic carbocycles. The zero-order chi connectivity index (χ0) is 30.7. The monoisotopic (exact) mass is 614 g/mol. The minimum atomic E-state index is -3.73. The summed E-state index contributed by atoms with van der Waals surface area (Å²) >= 11 is 0. The number of carbonyl (C=O) groups is 1. The van der Waals surface area contributed by atoms with E-state index in [2.05, 4.69) is 27.7 Å². The lowest BCUT2D eigenvalue weighted by molar-refractivity contribution is -0.203. The number of aliphatic hydroxyl groups is 2. The molecular formula is C36H54O6S. The fourth-order valence-electron chi connectivity index (χ4n) is 11.5. The van der Waals surface area contributed by atoms with Crippen LogP contribution in [0.15, 0.2) is 23.1 Å². The molecule has 6 nitrogen and oxygen atoms in total. The Morgan fingerprint density at radius 1 is 1.00 bits per heavy atom. The molecule has 240 valence electrons. The Hall–Kier alpha value is -1.44. The first-order valence-electron chi connectivity index (χ1n) is 17.3. The Morgan fingerprint density at radius 3 is 2.49 bits per heavy atom. The molecule has 4 fully saturated rings. The number of hydrogen-bond acceptors (Lipinski definition) is 6. The lowest BCUT2D eigenvalue weighted by Crippen LogP contribution is -2.62. The average molecular weight is 615 g/mol. The van der Waals surface area contributed by atoms with Crippen molar-refractivity contribution in [2.45, 2.75) is 122 Å². The second kappa shape index (κ2) is 11.7. The number of hydrogen-bond donors (Lipinski definition) is 2. The number of ether oxygens (including phenoxy) is 1. The molecule has 0 radical (unpaired) electrons. The van der Waals surface area contributed by atoms with Crippen LogP contribution in [0.2, 0.25) is 0 Å². The number of rotatable bonds is 8. The van der Waals surface area contributed by atoms with Gasteiger partial charge in [0.15, 0.2) is 15.6 Å². The third-order valence-electron chi connectivity index (χ3n) is 13.7. The van der Waals surface area contributed by atoms with Crippen LogP contribution in [0, 0.1) is 52.3 Å². The smallest absolute Gasteiger partial charge is 0.321 e. The molecule has 5 aliphatic carbocycles. The topological polar surface area (TPSA) is 101 Å². The number of fused-ring (bicyclic) bond motifs is 6. The Labute approximate surface area is 259 Å². The molecule has 0 spiro atoms. The molecule has 0 heterocycles. The molecule has 4 saturated carbocycles. The van der Waals surface area contributed by atoms with Crippen LogP contribution in [0.25, 0.3) is 0 Å². The standard InChI is InChI=1S/C36H54O6S/c1-5-27-31-20-25(37)13-16-36(31,4)30-14-17-35(3)28(11-12-29(35)33(30)34(27)39)22(2)15-18-42-32(38)21-43(40,41)26-10-9-23-7-6-8-24(23)19-26/h9-10,19,22,25,27-31,33-34,37,39H,5-8,11-18,20-21H2,1-4H3/t22-,25-,27-,28-,29+,30+,31+,33+,34-,35-,36-/m1/s1. The molecule has 0 saturated heterocycles. The number of carbonyl (C=O) groups excluding carboxylic acids is 1. The van der Waals surface area contributed by atoms with E-state index in [1.807, 2.05) is 6.07 Å². The van der Waals surface area contributed by atoms with Crippen molar-refractivity contribution in [2.24, 2.45) is 52.3 Å². The van der Waals surface area contributed by atoms with Crippen molar-refractivity contribution in [3.05, 3.63) is 29.3 Å². The van der Waals surface area contributed by atoms with E-state index in [1.165, 1.54) is 12.0 Å². The van der Waals surface area contributed by atoms with Crippen LogP contribution < -0.4 is 0 Å². The van der Waals surface area contributed by atoms with Crippen LogP contribution in [0.3, 0.4) is 0 Å². The molecule has 43 heavy (non-hydrogen) atoms. The molecule has 0 unspecified atom stereocenters. The normalized spacial score (nSPS) is 41.1. The largest absolute Gasteiger partial charge is 0.465 e. The predicted molar refractivity (Wildman–Crippen MR) is 167 cm³/mol. The van der Waals surface area contributed by atoms with Crippen molar-refractivity contribution in [1.29, 1.82) is 0 Å². The van der Waals surface area contributed by atoms with E-state index in [-0.39, 0.29) is 40.5 Å². The van der Waals surface area contributed by atoms with Gasteiger partial charge in [-0.2, -0.15) is 0 Å². The highest BCUT2D eigenvalue weighted by atomic mass is 32.2. The molecule has 11 atom stereocenters. The van der Waals surface area contributed by atoms with E-state index in [4.69, 9.17) is 4.74 Å². The molecule has 1 aromatic rings. The zero-order valence-corrected chi connectivity index (χ0v) is 27.6. The molecule has 0 aliphatic heterocycles. The van der Waals surface area contributed by atoms with E-state index in [1.54, 1.807) is 12.1 Å². The first-order chi connectivity index (χ1) is 20.4. The lowest BCUT2D eigenvalue weighted by atomic mass is 9.41. The fraction of sp³-hybridized carbons (Fsp3) is 0.806. The summed E-state index contributed by atoms with van der Waals surface area (Å²) in [4.78, 5) is 12.9. The highest BCUT2D eigenvalue weighted by molar-refractivity contribution is 7.92. The van der Waals surface area contributed by atoms with Crippen LogP contribution in [0.1, 0.15) is 103 Å². The van der Waals surface area contributed by atoms with E-state index >= 15 is 0 Å². The van der Waals surface area contributed by atoms with Gasteiger partial charge < -0.3 is 14.9 Å². The van der Waals surface area contributed by atoms with Crippen molar-refractivity contribution in [1.82, 2.24) is 0 Å². The van der Waals surface area contributed by atoms with Gasteiger partial charge in [0.1, 0.15) is 0 Å². The van der Waals surface area contributed by atoms with E-state index < -0.39 is 21.6 Å². The predicted octanol–water partition coefficient (Wildman–Crippen LogP) is 6.15. The molecule has 0 amide bonds. The highest BCUT2D eigenvalue weighted by Crippen LogP contribution is 2.69. The van der Waals surface area contributed by atoms with Crippen LogP contribution in [-0.4, -0.2) is 49.2 Å². The van der Waals surface area contributed by atoms with Gasteiger partial charge in [0.25, 0.3) is 0 Å². The SMILES string of the molecule is CC[C@H]1[C@@H](O)[C@@H]2[C@H](CC[C@]3(C)[C@@H]([C@H](C)CCOC(=O)CS(=O)(=O)c4ccc5c(c4)CCC5)CC[C@@H]23)[C@@]2(C)CC[C@@H](O)C[C@@H]12. The van der Waals surface area contributed by atoms with Crippen molar-refractivity contribution < 1.29 is 28.2 Å². The molecule has 2 N–H and O–H groups in total. The first kappa shape index (κ1) is 31.5. The molecule has 6 rings (SSSR count). The quantitative estimate of drug-likeness (QED) is 0.341. The third-order valence-corrected chi connectivity index (χ3v) is 15.3. The number of sulfone groups is 1. The lowest BCUT2D eigenvalue weighted by Gasteiger charge is -2.64. The number of aliphatic hydroxyl groups excluding tert-OH is 2. The van der Waals surface area contributed by atoms with Gasteiger partial charge in [-0.15, -0.1) is 0 Å². The van der Waals surface area contributed by atoms with Gasteiger partial charge >= 0.3 is 5.97 Å². The van der Waals surface area contributed by atoms with Gasteiger partial charge in [0, 0.05) is 0 Å². The van der Waals surface area contributed by atoms with Crippen molar-refractivity contribution in [3.63, 3.8) is 0 Å². The zero-order valence-electron chi connectivity index (χ0n) is 26.8. The summed E-state index contributed by atoms with van der Waals surface area (Å²) < 4.78 is 31.4. The molecule has 5 aliphatic rings. The summed E-state index contributed by atoms with van der Waals surface area (Å²) in [5.41, 5.74) is 2.64. The van der Waals surface area contributed by atoms with Gasteiger partial charge in [0.2, 0.25) is 0 Å². The van der Waals surface area contributed by atoms with E-state index in [0.717, 1.165) is 76.2 Å². The van der Waals surface area contributed by atoms with Gasteiger partial charge in [0.05, 0.1) is 23.7 Å². The van der Waals surface area contributed by atoms with Crippen LogP contribution in [0.4, 0.5) is 0 Å². The minimum Gasteiger partial charge on any atom is -0.465 e. The molecule has 0 aromatic heterocycles. The molecule has 0 bridgehead atoms. The van der Waals surface area contributed by atoms with Gasteiger partial charge in [-0.25, -0.2) is 8.42 Å². The van der Waals surface area contributed by atoms with E-state index in [9.17, 15) is 23.4 Å². The Kier molecular flexibility index (Phi) is 8.60. The molecular weight excluding hydrogens is 560 g/mol. The highest BCUT2D eigenvalue weighted by Gasteiger charge is 2.64. The van der Waals surface area contributed by atoms with Gasteiger partial charge in [-0.3, -0.25) is 4.79 Å². The number of benzene rings is 1. The maximum Gasteiger partial charge on any atom is 0.321 e. The summed E-state index contributed by atoms with van der Waals surface area (Å²) in [5, 5.41) is 22.5. The van der Waals surface area contributed by atoms with Crippen LogP contribution in [-0.2, 0) is 32.2 Å². The third kappa shape index (κ3) is 5.41. The van der Waals surface area contributed by atoms with Crippen molar-refractivity contribution >= 4 is 15.8 Å². The summed E-state index contributed by atoms with van der Waals surface area (Å²) in [5.74, 6) is 1.56. The number of aryl methyl sites for hydroxylation is 2. The Morgan fingerprint density at radius 2 is 1.72 bits per heavy atom. The maximum absolute atomic E-state index is 12.9. The second-order valence-corrected chi connectivity index (χ2v) is 17.6. The van der Waals surface area contributed by atoms with Crippen molar-refractivity contribution in [3.8, 4) is 0 Å². The van der Waals surface area contributed by atoms with Gasteiger partial charge in [-0.1, -0.05) is 40.2 Å². The summed E-state index contributed by atoms with van der Waals surface area (Å²) in [7, 11) is -3.73. The van der Waals surface area contributed by atoms with Crippen molar-refractivity contribution in [2.75, 3.05) is 12.4 Å². The Bertz CT molecular complexity index is 1310. The average Bonchev–Trinajstić information content (AvgIpc) is 3.57. The second-order valence-electron chi connectivity index (χ2n) is 15.7. The maximum atomic E-state index is 12.9. The van der Waals surface area contributed by atoms with Crippen LogP contribution >= 0.6 is 0 Å². The Balaban J connectivity index is 1.07. The van der Waals surface area contributed by atoms with Crippen LogP contribution in [0.5, 0.6) is 0 Å². The summed E-state index contributed by atoms with van der Waals surface area (Å²) in [6.45, 7) is 9.67. The summed E-state index contributed by atoms with van der Waals surface area (Å²) in [6, 6.07) is 5.26. The minimum absolute atomic E-state index is 0.151. The van der Waals surface area contributed by atoms with E-state index in [0.29, 0.717) is 35.5 Å². The molecule has 7 heteroatoms. The number of esters is 1.